The van der Waals surface area contributed by atoms with E-state index in [1.807, 2.05) is 48.5 Å². The van der Waals surface area contributed by atoms with Gasteiger partial charge in [0.2, 0.25) is 10.0 Å². The molecule has 3 aromatic carbocycles. The molecule has 9 heteroatoms. The van der Waals surface area contributed by atoms with Crippen LogP contribution in [0.25, 0.3) is 22.1 Å². The van der Waals surface area contributed by atoms with E-state index in [1.54, 1.807) is 32.0 Å². The average molecular weight is 512 g/mol. The minimum absolute atomic E-state index is 0.00833. The van der Waals surface area contributed by atoms with Crippen molar-refractivity contribution in [3.05, 3.63) is 84.4 Å². The van der Waals surface area contributed by atoms with Crippen molar-refractivity contribution in [1.29, 1.82) is 0 Å². The highest BCUT2D eigenvalue weighted by molar-refractivity contribution is 7.89. The lowest BCUT2D eigenvalue weighted by Crippen LogP contribution is -2.44. The predicted molar refractivity (Wildman–Crippen MR) is 135 cm³/mol. The summed E-state index contributed by atoms with van der Waals surface area (Å²) in [5, 5.41) is 10.6. The lowest BCUT2D eigenvalue weighted by molar-refractivity contribution is -0.140. The fourth-order valence-corrected chi connectivity index (χ4v) is 6.04. The summed E-state index contributed by atoms with van der Waals surface area (Å²) in [6.45, 7) is 3.28. The summed E-state index contributed by atoms with van der Waals surface area (Å²) in [6.07, 6.45) is 0. The van der Waals surface area contributed by atoms with E-state index >= 15 is 0 Å². The lowest BCUT2D eigenvalue weighted by atomic mass is 10.0. The fourth-order valence-electron chi connectivity index (χ4n) is 3.62. The molecule has 0 amide bonds. The van der Waals surface area contributed by atoms with Gasteiger partial charge in [0.05, 0.1) is 21.4 Å². The van der Waals surface area contributed by atoms with Crippen molar-refractivity contribution in [2.24, 2.45) is 5.92 Å². The maximum atomic E-state index is 12.7. The Balaban J connectivity index is 1.45. The number of fused-ring (bicyclic) bond motifs is 1. The van der Waals surface area contributed by atoms with Gasteiger partial charge in [-0.05, 0) is 40.8 Å². The quantitative estimate of drug-likeness (QED) is 0.334. The normalized spacial score (nSPS) is 13.7. The number of nitrogens with one attached hydrogen (secondary N) is 1. The van der Waals surface area contributed by atoms with Gasteiger partial charge in [-0.2, -0.15) is 4.72 Å². The number of sulfonamides is 1. The van der Waals surface area contributed by atoms with E-state index in [9.17, 15) is 22.5 Å². The van der Waals surface area contributed by atoms with Gasteiger partial charge in [-0.15, -0.1) is 0 Å². The van der Waals surface area contributed by atoms with E-state index in [1.165, 1.54) is 12.1 Å². The molecule has 0 spiro atoms. The number of hydrogen-bond acceptors (Lipinski definition) is 5. The lowest BCUT2D eigenvalue weighted by Gasteiger charge is -2.18. The zero-order chi connectivity index (χ0) is 25.2. The van der Waals surface area contributed by atoms with Gasteiger partial charge in [-0.25, -0.2) is 8.42 Å². The van der Waals surface area contributed by atoms with E-state index < -0.39 is 38.8 Å². The van der Waals surface area contributed by atoms with Gasteiger partial charge in [0, 0.05) is 11.5 Å². The molecule has 0 fully saturated rings. The Bertz CT molecular complexity index is 1440. The number of para-hydroxylation sites is 1. The molecule has 1 aromatic heterocycles. The van der Waals surface area contributed by atoms with Gasteiger partial charge in [-0.1, -0.05) is 68.4 Å². The average Bonchev–Trinajstić information content (AvgIpc) is 3.27. The third kappa shape index (κ3) is 5.70. The van der Waals surface area contributed by atoms with E-state index in [-0.39, 0.29) is 4.90 Å². The van der Waals surface area contributed by atoms with Gasteiger partial charge < -0.3 is 9.52 Å². The number of aliphatic carboxylic acids is 1. The molecule has 0 radical (unpaired) electrons. The first-order valence-corrected chi connectivity index (χ1v) is 13.8. The van der Waals surface area contributed by atoms with E-state index in [0.717, 1.165) is 22.1 Å². The zero-order valence-electron chi connectivity index (χ0n) is 19.2. The summed E-state index contributed by atoms with van der Waals surface area (Å²) in [5.74, 6) is -1.31. The van der Waals surface area contributed by atoms with E-state index in [4.69, 9.17) is 4.42 Å². The second-order valence-corrected chi connectivity index (χ2v) is 11.6. The second-order valence-electron chi connectivity index (χ2n) is 8.50. The number of rotatable bonds is 9. The number of furan rings is 1. The van der Waals surface area contributed by atoms with Crippen molar-refractivity contribution in [2.45, 2.75) is 35.6 Å². The van der Waals surface area contributed by atoms with Crippen molar-refractivity contribution < 1.29 is 26.9 Å². The minimum atomic E-state index is -3.98. The van der Waals surface area contributed by atoms with Crippen molar-refractivity contribution in [3.8, 4) is 11.1 Å². The molecule has 7 nitrogen and oxygen atoms in total. The SMILES string of the molecule is CC(C)[C@@H](NS(=O)(=O)c1ccc(-c2ccc(CS(=O)c3cc4ccccc4o3)cc2)cc1)C(=O)O. The standard InChI is InChI=1S/C26H25NO6S2/c1-17(2)25(26(28)29)27-35(31,32)22-13-11-20(12-14-22)19-9-7-18(8-10-19)16-34(30)24-15-21-5-3-4-6-23(21)33-24/h3-15,17,25,27H,16H2,1-2H3,(H,28,29)/t25-,34?/m1/s1. The summed E-state index contributed by atoms with van der Waals surface area (Å²) in [6, 6.07) is 21.9. The molecule has 1 unspecified atom stereocenters. The highest BCUT2D eigenvalue weighted by Crippen LogP contribution is 2.25. The topological polar surface area (TPSA) is 114 Å². The van der Waals surface area contributed by atoms with Gasteiger partial charge in [0.1, 0.15) is 11.6 Å². The van der Waals surface area contributed by atoms with Gasteiger partial charge >= 0.3 is 5.97 Å². The molecule has 0 aliphatic heterocycles. The van der Waals surface area contributed by atoms with Crippen LogP contribution in [0, 0.1) is 5.92 Å². The van der Waals surface area contributed by atoms with Crippen LogP contribution in [0.4, 0.5) is 0 Å². The van der Waals surface area contributed by atoms with Crippen molar-refractivity contribution in [2.75, 3.05) is 0 Å². The fraction of sp³-hybridized carbons (Fsp3) is 0.192. The predicted octanol–water partition coefficient (Wildman–Crippen LogP) is 4.80. The number of hydrogen-bond donors (Lipinski definition) is 2. The second kappa shape index (κ2) is 10.2. The van der Waals surface area contributed by atoms with Crippen LogP contribution < -0.4 is 4.72 Å². The van der Waals surface area contributed by atoms with Crippen molar-refractivity contribution >= 4 is 37.8 Å². The van der Waals surface area contributed by atoms with Gasteiger partial charge in [-0.3, -0.25) is 9.00 Å². The van der Waals surface area contributed by atoms with Crippen molar-refractivity contribution in [3.63, 3.8) is 0 Å². The third-order valence-corrected chi connectivity index (χ3v) is 8.29. The number of carboxylic acids is 1. The van der Waals surface area contributed by atoms with Gasteiger partial charge in [0.15, 0.2) is 5.09 Å². The Labute approximate surface area is 206 Å². The molecule has 2 atom stereocenters. The van der Waals surface area contributed by atoms with Crippen LogP contribution in [0.2, 0.25) is 0 Å². The first-order chi connectivity index (χ1) is 16.6. The molecule has 1 heterocycles. The first-order valence-electron chi connectivity index (χ1n) is 11.0. The molecule has 4 aromatic rings. The number of carbonyl (C=O) groups is 1. The molecule has 2 N–H and O–H groups in total. The van der Waals surface area contributed by atoms with Crippen LogP contribution in [0.3, 0.4) is 0 Å². The Kier molecular flexibility index (Phi) is 7.20. The molecule has 182 valence electrons. The molecule has 35 heavy (non-hydrogen) atoms. The molecule has 0 saturated carbocycles. The molecule has 0 saturated heterocycles. The molecule has 0 aliphatic carbocycles. The number of benzene rings is 3. The first kappa shape index (κ1) is 24.8. The van der Waals surface area contributed by atoms with Crippen LogP contribution in [0.15, 0.2) is 93.3 Å². The largest absolute Gasteiger partial charge is 0.480 e. The molecular weight excluding hydrogens is 486 g/mol. The summed E-state index contributed by atoms with van der Waals surface area (Å²) in [4.78, 5) is 11.3. The van der Waals surface area contributed by atoms with Gasteiger partial charge in [0.25, 0.3) is 0 Å². The summed E-state index contributed by atoms with van der Waals surface area (Å²) in [5.41, 5.74) is 3.25. The monoisotopic (exact) mass is 511 g/mol. The Morgan fingerprint density at radius 1 is 0.971 bits per heavy atom. The summed E-state index contributed by atoms with van der Waals surface area (Å²) in [7, 11) is -5.30. The van der Waals surface area contributed by atoms with E-state index in [0.29, 0.717) is 16.4 Å². The Hall–Kier alpha value is -3.27. The Morgan fingerprint density at radius 2 is 1.57 bits per heavy atom. The highest BCUT2D eigenvalue weighted by atomic mass is 32.2. The maximum absolute atomic E-state index is 12.7. The molecule has 4 rings (SSSR count). The van der Waals surface area contributed by atoms with Crippen LogP contribution in [-0.2, 0) is 31.4 Å². The van der Waals surface area contributed by atoms with Crippen LogP contribution in [0.1, 0.15) is 19.4 Å². The zero-order valence-corrected chi connectivity index (χ0v) is 20.8. The maximum Gasteiger partial charge on any atom is 0.322 e. The van der Waals surface area contributed by atoms with E-state index in [2.05, 4.69) is 4.72 Å². The van der Waals surface area contributed by atoms with Crippen LogP contribution in [0.5, 0.6) is 0 Å². The van der Waals surface area contributed by atoms with Crippen LogP contribution in [-0.4, -0.2) is 29.7 Å². The summed E-state index contributed by atoms with van der Waals surface area (Å²) >= 11 is 0. The molecule has 0 aliphatic rings. The summed E-state index contributed by atoms with van der Waals surface area (Å²) < 4.78 is 45.9. The highest BCUT2D eigenvalue weighted by Gasteiger charge is 2.28. The van der Waals surface area contributed by atoms with Crippen LogP contribution >= 0.6 is 0 Å². The number of carboxylic acid groups (broad SMARTS) is 1. The smallest absolute Gasteiger partial charge is 0.322 e. The Morgan fingerprint density at radius 3 is 2.14 bits per heavy atom. The molecular formula is C26H25NO6S2. The third-order valence-electron chi connectivity index (χ3n) is 5.59. The van der Waals surface area contributed by atoms with Crippen molar-refractivity contribution in [1.82, 2.24) is 4.72 Å². The molecule has 0 bridgehead atoms. The minimum Gasteiger partial charge on any atom is -0.480 e.